The van der Waals surface area contributed by atoms with E-state index in [1.54, 1.807) is 6.08 Å². The third-order valence-corrected chi connectivity index (χ3v) is 12.1. The molecule has 0 aliphatic rings. The van der Waals surface area contributed by atoms with Gasteiger partial charge in [0.15, 0.2) is 0 Å². The van der Waals surface area contributed by atoms with E-state index in [0.717, 1.165) is 0 Å². The van der Waals surface area contributed by atoms with E-state index >= 15 is 0 Å². The molecule has 6 heteroatoms. The maximum Gasteiger partial charge on any atom is 0.261 e. The summed E-state index contributed by atoms with van der Waals surface area (Å²) in [6, 6.07) is 20.7. The molecule has 0 fully saturated rings. The highest BCUT2D eigenvalue weighted by Crippen LogP contribution is 2.38. The van der Waals surface area contributed by atoms with Crippen molar-refractivity contribution >= 4 is 28.7 Å². The molecule has 2 aromatic rings. The first kappa shape index (κ1) is 24.5. The van der Waals surface area contributed by atoms with E-state index in [0.29, 0.717) is 19.3 Å². The van der Waals surface area contributed by atoms with Crippen LogP contribution in [0.1, 0.15) is 47.0 Å². The highest BCUT2D eigenvalue weighted by molar-refractivity contribution is 7.89. The van der Waals surface area contributed by atoms with Gasteiger partial charge in [0.05, 0.1) is 5.25 Å². The van der Waals surface area contributed by atoms with Gasteiger partial charge in [-0.25, -0.2) is 13.6 Å². The van der Waals surface area contributed by atoms with Gasteiger partial charge in [-0.3, -0.25) is 0 Å². The zero-order valence-corrected chi connectivity index (χ0v) is 20.4. The van der Waals surface area contributed by atoms with E-state index in [1.807, 2.05) is 43.3 Å². The molecule has 164 valence electrons. The van der Waals surface area contributed by atoms with E-state index in [-0.39, 0.29) is 11.1 Å². The lowest BCUT2D eigenvalue weighted by Gasteiger charge is -2.45. The normalized spacial score (nSPS) is 14.8. The van der Waals surface area contributed by atoms with Crippen molar-refractivity contribution in [2.45, 2.75) is 63.3 Å². The molecular formula is C24H35NO3SSi. The summed E-state index contributed by atoms with van der Waals surface area (Å²) in [7, 11) is -6.39. The Morgan fingerprint density at radius 2 is 1.50 bits per heavy atom. The molecule has 0 aliphatic heterocycles. The lowest BCUT2D eigenvalue weighted by molar-refractivity contribution is 0.193. The molecule has 0 bridgehead atoms. The van der Waals surface area contributed by atoms with Crippen LogP contribution in [0.2, 0.25) is 5.04 Å². The summed E-state index contributed by atoms with van der Waals surface area (Å²) in [5.41, 5.74) is 0. The average molecular weight is 446 g/mol. The van der Waals surface area contributed by atoms with Crippen LogP contribution < -0.4 is 15.5 Å². The van der Waals surface area contributed by atoms with Crippen LogP contribution in [0.3, 0.4) is 0 Å². The number of hydrogen-bond acceptors (Lipinski definition) is 3. The van der Waals surface area contributed by atoms with Crippen LogP contribution in [0, 0.1) is 0 Å². The zero-order valence-electron chi connectivity index (χ0n) is 18.5. The molecule has 4 nitrogen and oxygen atoms in total. The van der Waals surface area contributed by atoms with Crippen molar-refractivity contribution in [3.05, 3.63) is 73.3 Å². The molecule has 0 saturated carbocycles. The second-order valence-electron chi connectivity index (χ2n) is 8.90. The molecule has 30 heavy (non-hydrogen) atoms. The van der Waals surface area contributed by atoms with Crippen molar-refractivity contribution < 1.29 is 12.8 Å². The fraction of sp³-hybridized carbons (Fsp3) is 0.417. The van der Waals surface area contributed by atoms with Crippen LogP contribution in [0.4, 0.5) is 0 Å². The highest BCUT2D eigenvalue weighted by Gasteiger charge is 2.51. The molecule has 2 aromatic carbocycles. The molecule has 2 atom stereocenters. The van der Waals surface area contributed by atoms with Gasteiger partial charge in [-0.1, -0.05) is 87.5 Å². The van der Waals surface area contributed by atoms with Crippen LogP contribution >= 0.6 is 0 Å². The second-order valence-corrected chi connectivity index (χ2v) is 15.0. The summed E-state index contributed by atoms with van der Waals surface area (Å²) in [5, 5.41) is 7.07. The Balaban J connectivity index is 2.51. The molecule has 0 heterocycles. The molecule has 0 spiro atoms. The molecule has 0 aliphatic carbocycles. The van der Waals surface area contributed by atoms with Gasteiger partial charge >= 0.3 is 0 Å². The summed E-state index contributed by atoms with van der Waals surface area (Å²) in [4.78, 5) is 0. The first-order valence-electron chi connectivity index (χ1n) is 10.4. The number of nitrogens with two attached hydrogens (primary N) is 1. The van der Waals surface area contributed by atoms with Crippen molar-refractivity contribution in [2.75, 3.05) is 0 Å². The van der Waals surface area contributed by atoms with Gasteiger partial charge in [0.25, 0.3) is 8.32 Å². The van der Waals surface area contributed by atoms with Crippen molar-refractivity contribution in [3.8, 4) is 0 Å². The minimum atomic E-state index is -3.66. The molecule has 2 rings (SSSR count). The van der Waals surface area contributed by atoms with Crippen molar-refractivity contribution in [3.63, 3.8) is 0 Å². The number of allylic oxidation sites excluding steroid dienone is 1. The Labute approximate surface area is 183 Å². The number of primary sulfonamides is 1. The lowest BCUT2D eigenvalue weighted by Crippen LogP contribution is -2.67. The van der Waals surface area contributed by atoms with Crippen LogP contribution in [0.25, 0.3) is 0 Å². The Morgan fingerprint density at radius 3 is 1.87 bits per heavy atom. The van der Waals surface area contributed by atoms with Gasteiger partial charge in [-0.05, 0) is 41.6 Å². The minimum absolute atomic E-state index is 0.165. The third-order valence-electron chi connectivity index (χ3n) is 5.55. The topological polar surface area (TPSA) is 69.4 Å². The van der Waals surface area contributed by atoms with Crippen LogP contribution in [0.5, 0.6) is 0 Å². The van der Waals surface area contributed by atoms with Crippen molar-refractivity contribution in [1.29, 1.82) is 0 Å². The van der Waals surface area contributed by atoms with E-state index in [9.17, 15) is 8.42 Å². The number of benzene rings is 2. The van der Waals surface area contributed by atoms with Gasteiger partial charge < -0.3 is 4.43 Å². The minimum Gasteiger partial charge on any atom is -0.405 e. The lowest BCUT2D eigenvalue weighted by atomic mass is 10.1. The zero-order chi connectivity index (χ0) is 22.4. The summed E-state index contributed by atoms with van der Waals surface area (Å²) < 4.78 is 31.3. The van der Waals surface area contributed by atoms with E-state index in [2.05, 4.69) is 51.6 Å². The molecule has 0 amide bonds. The largest absolute Gasteiger partial charge is 0.405 e. The maximum absolute atomic E-state index is 12.2. The van der Waals surface area contributed by atoms with Gasteiger partial charge in [0, 0.05) is 6.10 Å². The van der Waals surface area contributed by atoms with E-state index < -0.39 is 23.6 Å². The standard InChI is InChI=1S/C24H35NO3SSi/c1-6-7-14-21(29(25,26)27)19-20(2)28-30(24(3,4)5,22-15-10-8-11-16-22)23-17-12-9-13-18-23/h6,8-13,15-18,20-21H,1,7,14,19H2,2-5H3,(H2,25,26,27)/t20-,21-/m0/s1. The average Bonchev–Trinajstić information content (AvgIpc) is 2.69. The van der Waals surface area contributed by atoms with Gasteiger partial charge in [-0.2, -0.15) is 0 Å². The van der Waals surface area contributed by atoms with Crippen LogP contribution in [-0.4, -0.2) is 28.1 Å². The van der Waals surface area contributed by atoms with Gasteiger partial charge in [-0.15, -0.1) is 6.58 Å². The Kier molecular flexibility index (Phi) is 8.22. The van der Waals surface area contributed by atoms with Crippen LogP contribution in [0.15, 0.2) is 73.3 Å². The number of rotatable bonds is 10. The molecule has 0 saturated heterocycles. The Bertz CT molecular complexity index is 869. The monoisotopic (exact) mass is 445 g/mol. The fourth-order valence-electron chi connectivity index (χ4n) is 4.13. The molecule has 2 N–H and O–H groups in total. The van der Waals surface area contributed by atoms with Crippen molar-refractivity contribution in [1.82, 2.24) is 0 Å². The molecule has 0 unspecified atom stereocenters. The fourth-order valence-corrected chi connectivity index (χ4v) is 9.85. The summed E-state index contributed by atoms with van der Waals surface area (Å²) in [6.07, 6.45) is 2.87. The second kappa shape index (κ2) is 10.0. The van der Waals surface area contributed by atoms with Gasteiger partial charge in [0.2, 0.25) is 10.0 Å². The molecule has 0 radical (unpaired) electrons. The summed E-state index contributed by atoms with van der Waals surface area (Å²) >= 11 is 0. The Hall–Kier alpha value is -1.73. The smallest absolute Gasteiger partial charge is 0.261 e. The van der Waals surface area contributed by atoms with E-state index in [4.69, 9.17) is 9.56 Å². The number of sulfonamides is 1. The quantitative estimate of drug-likeness (QED) is 0.444. The highest BCUT2D eigenvalue weighted by atomic mass is 32.2. The Morgan fingerprint density at radius 1 is 1.03 bits per heavy atom. The van der Waals surface area contributed by atoms with Gasteiger partial charge in [0.1, 0.15) is 0 Å². The summed E-state index contributed by atoms with van der Waals surface area (Å²) in [6.45, 7) is 12.3. The first-order chi connectivity index (χ1) is 14.0. The number of hydrogen-bond donors (Lipinski definition) is 1. The first-order valence-corrected chi connectivity index (χ1v) is 14.0. The third kappa shape index (κ3) is 5.69. The SMILES string of the molecule is C=CCC[C@@H](C[C@H](C)O[Si](c1ccccc1)(c1ccccc1)C(C)(C)C)S(N)(=O)=O. The summed E-state index contributed by atoms with van der Waals surface area (Å²) in [5.74, 6) is 0. The predicted molar refractivity (Wildman–Crippen MR) is 129 cm³/mol. The maximum atomic E-state index is 12.2. The van der Waals surface area contributed by atoms with Crippen LogP contribution in [-0.2, 0) is 14.4 Å². The van der Waals surface area contributed by atoms with E-state index in [1.165, 1.54) is 10.4 Å². The van der Waals surface area contributed by atoms with Crippen molar-refractivity contribution in [2.24, 2.45) is 5.14 Å². The molecular weight excluding hydrogens is 410 g/mol. The predicted octanol–water partition coefficient (Wildman–Crippen LogP) is 3.96. The molecule has 0 aromatic heterocycles.